The van der Waals surface area contributed by atoms with Crippen LogP contribution in [0.3, 0.4) is 0 Å². The van der Waals surface area contributed by atoms with E-state index in [0.29, 0.717) is 0 Å². The molecule has 0 saturated carbocycles. The van der Waals surface area contributed by atoms with Gasteiger partial charge in [-0.3, -0.25) is 9.48 Å². The smallest absolute Gasteiger partial charge is 0.354 e. The van der Waals surface area contributed by atoms with E-state index in [1.165, 1.54) is 109 Å². The van der Waals surface area contributed by atoms with Gasteiger partial charge < -0.3 is 4.74 Å². The van der Waals surface area contributed by atoms with Gasteiger partial charge in [0.25, 0.3) is 0 Å². The summed E-state index contributed by atoms with van der Waals surface area (Å²) in [5, 5.41) is 0. The number of benzene rings is 1. The second-order valence-electron chi connectivity index (χ2n) is 11.0. The molecule has 4 heteroatoms. The number of hydrogen-bond donors (Lipinski definition) is 0. The van der Waals surface area contributed by atoms with Crippen molar-refractivity contribution in [3.05, 3.63) is 24.3 Å². The van der Waals surface area contributed by atoms with Crippen LogP contribution in [0.25, 0.3) is 0 Å². The number of unbranched alkanes of at least 4 members (excludes halogenated alkanes) is 17. The lowest BCUT2D eigenvalue weighted by molar-refractivity contribution is -0.470. The van der Waals surface area contributed by atoms with Crippen LogP contribution in [0.2, 0.25) is 0 Å². The third kappa shape index (κ3) is 15.4. The molecular weight excluding hydrogens is 442 g/mol. The second kappa shape index (κ2) is 21.4. The molecule has 0 bridgehead atoms. The summed E-state index contributed by atoms with van der Waals surface area (Å²) in [6.07, 6.45) is 25.3. The van der Waals surface area contributed by atoms with Crippen LogP contribution in [0.5, 0.6) is 5.75 Å². The second-order valence-corrected chi connectivity index (χ2v) is 11.0. The van der Waals surface area contributed by atoms with Crippen molar-refractivity contribution in [2.75, 3.05) is 46.7 Å². The zero-order chi connectivity index (χ0) is 26.4. The molecule has 0 heterocycles. The summed E-state index contributed by atoms with van der Waals surface area (Å²) in [6, 6.07) is 8.45. The third-order valence-electron chi connectivity index (χ3n) is 7.09. The Bertz CT molecular complexity index is 664. The summed E-state index contributed by atoms with van der Waals surface area (Å²) in [5.41, 5.74) is 1.16. The van der Waals surface area contributed by atoms with Crippen molar-refractivity contribution in [1.82, 2.24) is 4.90 Å². The van der Waals surface area contributed by atoms with Gasteiger partial charge in [-0.05, 0) is 30.7 Å². The van der Waals surface area contributed by atoms with Crippen LogP contribution in [0.15, 0.2) is 24.3 Å². The van der Waals surface area contributed by atoms with Gasteiger partial charge in [0, 0.05) is 0 Å². The van der Waals surface area contributed by atoms with Crippen LogP contribution in [-0.4, -0.2) is 57.3 Å². The molecule has 0 unspecified atom stereocenters. The molecule has 0 aliphatic heterocycles. The predicted octanol–water partition coefficient (Wildman–Crippen LogP) is 8.73. The number of rotatable bonds is 21. The molecule has 0 spiro atoms. The third-order valence-corrected chi connectivity index (χ3v) is 7.09. The van der Waals surface area contributed by atoms with E-state index in [9.17, 15) is 0 Å². The monoisotopic (exact) mass is 502 g/mol. The fourth-order valence-electron chi connectivity index (χ4n) is 5.08. The summed E-state index contributed by atoms with van der Waals surface area (Å²) in [5.74, 6) is 2.11. The maximum Gasteiger partial charge on any atom is 0.354 e. The molecule has 1 aromatic rings. The highest BCUT2D eigenvalue weighted by molar-refractivity contribution is 5.91. The lowest BCUT2D eigenvalue weighted by atomic mass is 10.0. The van der Waals surface area contributed by atoms with Gasteiger partial charge in [-0.15, -0.1) is 0 Å². The number of nitrogens with zero attached hydrogens (tertiary/aromatic N) is 3. The van der Waals surface area contributed by atoms with E-state index in [2.05, 4.69) is 80.8 Å². The van der Waals surface area contributed by atoms with Crippen molar-refractivity contribution in [2.45, 2.75) is 122 Å². The highest BCUT2D eigenvalue weighted by atomic mass is 16.5. The Morgan fingerprint density at radius 2 is 1.00 bits per heavy atom. The van der Waals surface area contributed by atoms with E-state index in [1.54, 1.807) is 0 Å². The van der Waals surface area contributed by atoms with Crippen molar-refractivity contribution >= 4 is 11.6 Å². The molecule has 1 rings (SSSR count). The first-order valence-electron chi connectivity index (χ1n) is 15.2. The minimum atomic E-state index is 0.820. The van der Waals surface area contributed by atoms with E-state index in [1.807, 2.05) is 0 Å². The average molecular weight is 503 g/mol. The molecule has 0 atom stereocenters. The zero-order valence-corrected chi connectivity index (χ0v) is 25.0. The van der Waals surface area contributed by atoms with Crippen molar-refractivity contribution in [1.29, 1.82) is 0 Å². The van der Waals surface area contributed by atoms with Gasteiger partial charge in [-0.25, -0.2) is 4.90 Å². The Kier molecular flexibility index (Phi) is 19.2. The lowest BCUT2D eigenvalue weighted by Crippen LogP contribution is -2.43. The van der Waals surface area contributed by atoms with Gasteiger partial charge in [0.2, 0.25) is 0 Å². The Balaban J connectivity index is 1.95. The Morgan fingerprint density at radius 3 is 1.36 bits per heavy atom. The minimum absolute atomic E-state index is 0.820. The summed E-state index contributed by atoms with van der Waals surface area (Å²) in [4.78, 5) is 4.32. The maximum absolute atomic E-state index is 5.98. The number of guanidine groups is 1. The molecule has 0 aromatic heterocycles. The normalized spacial score (nSPS) is 10.9. The summed E-state index contributed by atoms with van der Waals surface area (Å²) < 4.78 is 8.11. The van der Waals surface area contributed by atoms with Crippen LogP contribution in [0.1, 0.15) is 122 Å². The minimum Gasteiger partial charge on any atom is -0.494 e. The molecule has 208 valence electrons. The highest BCUT2D eigenvalue weighted by Crippen LogP contribution is 2.20. The molecule has 4 nitrogen and oxygen atoms in total. The highest BCUT2D eigenvalue weighted by Gasteiger charge is 2.20. The van der Waals surface area contributed by atoms with Crippen molar-refractivity contribution < 1.29 is 9.31 Å². The zero-order valence-electron chi connectivity index (χ0n) is 25.0. The maximum atomic E-state index is 5.98. The molecule has 0 fully saturated rings. The van der Waals surface area contributed by atoms with Crippen LogP contribution in [0.4, 0.5) is 5.69 Å². The van der Waals surface area contributed by atoms with Crippen molar-refractivity contribution in [3.63, 3.8) is 0 Å². The van der Waals surface area contributed by atoms with E-state index < -0.39 is 0 Å². The molecule has 0 amide bonds. The lowest BCUT2D eigenvalue weighted by Gasteiger charge is -2.21. The topological polar surface area (TPSA) is 18.7 Å². The van der Waals surface area contributed by atoms with Crippen LogP contribution >= 0.6 is 0 Å². The van der Waals surface area contributed by atoms with Crippen molar-refractivity contribution in [2.24, 2.45) is 0 Å². The van der Waals surface area contributed by atoms with E-state index >= 15 is 0 Å². The molecule has 1 aromatic carbocycles. The molecule has 0 radical (unpaired) electrons. The van der Waals surface area contributed by atoms with Gasteiger partial charge in [0.05, 0.1) is 41.8 Å². The largest absolute Gasteiger partial charge is 0.494 e. The Morgan fingerprint density at radius 1 is 0.611 bits per heavy atom. The molecule has 0 aliphatic rings. The first-order valence-corrected chi connectivity index (χ1v) is 15.2. The van der Waals surface area contributed by atoms with E-state index in [-0.39, 0.29) is 0 Å². The SMILES string of the molecule is CCCCCCCCCCCCCCCCCCCCOc1ccc(N(C)C(N(C)C)=[N+](C)C)cc1. The van der Waals surface area contributed by atoms with Crippen LogP contribution in [0, 0.1) is 0 Å². The molecular formula is C32H60N3O+. The predicted molar refractivity (Wildman–Crippen MR) is 160 cm³/mol. The number of anilines is 1. The van der Waals surface area contributed by atoms with Gasteiger partial charge in [0.15, 0.2) is 0 Å². The van der Waals surface area contributed by atoms with Crippen molar-refractivity contribution in [3.8, 4) is 5.75 Å². The van der Waals surface area contributed by atoms with E-state index in [0.717, 1.165) is 30.4 Å². The number of ether oxygens (including phenoxy) is 1. The quantitative estimate of drug-likeness (QED) is 0.0724. The fourth-order valence-corrected chi connectivity index (χ4v) is 5.08. The fraction of sp³-hybridized carbons (Fsp3) is 0.781. The standard InChI is InChI=1S/C32H60N3O/c1-7-8-9-10-11-12-13-14-15-16-17-18-19-20-21-22-23-24-29-36-31-27-25-30(26-28-31)35(6)32(33(2)3)34(4)5/h25-28H,7-24,29H2,1-6H3/q+1. The Labute approximate surface area is 225 Å². The summed E-state index contributed by atoms with van der Waals surface area (Å²) >= 11 is 0. The van der Waals surface area contributed by atoms with Gasteiger partial charge >= 0.3 is 5.96 Å². The van der Waals surface area contributed by atoms with Crippen LogP contribution in [-0.2, 0) is 0 Å². The molecule has 0 N–H and O–H groups in total. The van der Waals surface area contributed by atoms with Crippen LogP contribution < -0.4 is 9.64 Å². The first kappa shape index (κ1) is 32.3. The molecule has 0 aliphatic carbocycles. The Hall–Kier alpha value is -1.71. The number of hydrogen-bond acceptors (Lipinski definition) is 1. The van der Waals surface area contributed by atoms with Gasteiger partial charge in [-0.1, -0.05) is 116 Å². The van der Waals surface area contributed by atoms with E-state index in [4.69, 9.17) is 4.74 Å². The van der Waals surface area contributed by atoms with Gasteiger partial charge in [0.1, 0.15) is 11.4 Å². The summed E-state index contributed by atoms with van der Waals surface area (Å²) in [6.45, 7) is 3.12. The average Bonchev–Trinajstić information content (AvgIpc) is 2.85. The summed E-state index contributed by atoms with van der Waals surface area (Å²) in [7, 11) is 10.4. The van der Waals surface area contributed by atoms with Gasteiger partial charge in [-0.2, -0.15) is 0 Å². The molecule has 36 heavy (non-hydrogen) atoms. The molecule has 0 saturated heterocycles. The first-order chi connectivity index (χ1) is 17.5.